The van der Waals surface area contributed by atoms with Crippen molar-refractivity contribution in [1.82, 2.24) is 19.4 Å². The standard InChI is InChI=1S/C21H24N4O2S/c1-14-4-5-16(10-15(14)2)17-12-28-20-19(17)21(27)25(13-22-20)11-18(26)24-8-6-23(3)7-9-24/h4-5,10,12-13H,6-9,11H2,1-3H3. The molecule has 0 aliphatic carbocycles. The highest BCUT2D eigenvalue weighted by Crippen LogP contribution is 2.31. The highest BCUT2D eigenvalue weighted by molar-refractivity contribution is 7.17. The Morgan fingerprint density at radius 3 is 2.61 bits per heavy atom. The third-order valence-corrected chi connectivity index (χ3v) is 6.43. The highest BCUT2D eigenvalue weighted by Gasteiger charge is 2.21. The van der Waals surface area contributed by atoms with Crippen LogP contribution in [-0.2, 0) is 11.3 Å². The van der Waals surface area contributed by atoms with Gasteiger partial charge in [0.05, 0.1) is 11.7 Å². The second-order valence-corrected chi connectivity index (χ2v) is 8.35. The van der Waals surface area contributed by atoms with Crippen LogP contribution in [0.3, 0.4) is 0 Å². The maximum absolute atomic E-state index is 13.2. The molecule has 0 N–H and O–H groups in total. The molecule has 1 amide bonds. The molecule has 0 radical (unpaired) electrons. The van der Waals surface area contributed by atoms with E-state index in [1.54, 1.807) is 0 Å². The number of aryl methyl sites for hydroxylation is 2. The number of aromatic nitrogens is 2. The second-order valence-electron chi connectivity index (χ2n) is 7.49. The molecule has 0 spiro atoms. The van der Waals surface area contributed by atoms with Crippen LogP contribution in [0.25, 0.3) is 21.3 Å². The smallest absolute Gasteiger partial charge is 0.263 e. The molecule has 146 valence electrons. The summed E-state index contributed by atoms with van der Waals surface area (Å²) < 4.78 is 1.44. The lowest BCUT2D eigenvalue weighted by molar-refractivity contribution is -0.133. The fraction of sp³-hybridized carbons (Fsp3) is 0.381. The zero-order chi connectivity index (χ0) is 19.8. The first-order valence-corrected chi connectivity index (χ1v) is 10.3. The van der Waals surface area contributed by atoms with Crippen molar-refractivity contribution in [2.45, 2.75) is 20.4 Å². The molecule has 2 aromatic heterocycles. The molecule has 0 bridgehead atoms. The first-order valence-electron chi connectivity index (χ1n) is 9.44. The van der Waals surface area contributed by atoms with Crippen LogP contribution in [0.2, 0.25) is 0 Å². The van der Waals surface area contributed by atoms with E-state index in [1.165, 1.54) is 33.4 Å². The largest absolute Gasteiger partial charge is 0.339 e. The Kier molecular flexibility index (Phi) is 5.03. The van der Waals surface area contributed by atoms with Gasteiger partial charge in [-0.3, -0.25) is 14.2 Å². The third-order valence-electron chi connectivity index (χ3n) is 5.54. The van der Waals surface area contributed by atoms with Crippen molar-refractivity contribution in [1.29, 1.82) is 0 Å². The van der Waals surface area contributed by atoms with Crippen molar-refractivity contribution in [3.05, 3.63) is 51.4 Å². The SMILES string of the molecule is Cc1ccc(-c2csc3ncn(CC(=O)N4CCN(C)CC4)c(=O)c23)cc1C. The third kappa shape index (κ3) is 3.47. The Hall–Kier alpha value is -2.51. The molecule has 6 nitrogen and oxygen atoms in total. The van der Waals surface area contributed by atoms with Crippen LogP contribution in [0.1, 0.15) is 11.1 Å². The van der Waals surface area contributed by atoms with E-state index in [-0.39, 0.29) is 18.0 Å². The lowest BCUT2D eigenvalue weighted by Gasteiger charge is -2.32. The van der Waals surface area contributed by atoms with E-state index < -0.39 is 0 Å². The number of rotatable bonds is 3. The van der Waals surface area contributed by atoms with Crippen LogP contribution in [0, 0.1) is 13.8 Å². The first-order chi connectivity index (χ1) is 13.4. The average molecular weight is 397 g/mol. The van der Waals surface area contributed by atoms with Crippen molar-refractivity contribution in [2.24, 2.45) is 0 Å². The van der Waals surface area contributed by atoms with Crippen LogP contribution in [0.4, 0.5) is 0 Å². The van der Waals surface area contributed by atoms with Gasteiger partial charge < -0.3 is 9.80 Å². The minimum atomic E-state index is -0.151. The zero-order valence-electron chi connectivity index (χ0n) is 16.4. The molecule has 3 heterocycles. The van der Waals surface area contributed by atoms with E-state index in [1.807, 2.05) is 16.3 Å². The average Bonchev–Trinajstić information content (AvgIpc) is 3.11. The molecular weight excluding hydrogens is 372 g/mol. The number of amides is 1. The number of benzene rings is 1. The van der Waals surface area contributed by atoms with Gasteiger partial charge in [0, 0.05) is 37.1 Å². The van der Waals surface area contributed by atoms with Gasteiger partial charge in [-0.2, -0.15) is 0 Å². The number of fused-ring (bicyclic) bond motifs is 1. The number of hydrogen-bond acceptors (Lipinski definition) is 5. The number of likely N-dealkylation sites (N-methyl/N-ethyl adjacent to an activating group) is 1. The van der Waals surface area contributed by atoms with Gasteiger partial charge in [-0.05, 0) is 37.6 Å². The summed E-state index contributed by atoms with van der Waals surface area (Å²) in [6, 6.07) is 6.21. The lowest BCUT2D eigenvalue weighted by atomic mass is 10.0. The molecule has 0 atom stereocenters. The van der Waals surface area contributed by atoms with Crippen LogP contribution >= 0.6 is 11.3 Å². The predicted molar refractivity (Wildman–Crippen MR) is 113 cm³/mol. The Bertz CT molecular complexity index is 1090. The second kappa shape index (κ2) is 7.48. The van der Waals surface area contributed by atoms with Crippen LogP contribution in [0.15, 0.2) is 34.7 Å². The normalized spacial score (nSPS) is 15.3. The topological polar surface area (TPSA) is 58.4 Å². The van der Waals surface area contributed by atoms with E-state index in [2.05, 4.69) is 42.9 Å². The first kappa shape index (κ1) is 18.8. The fourth-order valence-corrected chi connectivity index (χ4v) is 4.41. The molecular formula is C21H24N4O2S. The van der Waals surface area contributed by atoms with Gasteiger partial charge in [-0.25, -0.2) is 4.98 Å². The van der Waals surface area contributed by atoms with Gasteiger partial charge in [0.1, 0.15) is 11.4 Å². The van der Waals surface area contributed by atoms with Gasteiger partial charge in [0.25, 0.3) is 5.56 Å². The van der Waals surface area contributed by atoms with Crippen LogP contribution in [0.5, 0.6) is 0 Å². The van der Waals surface area contributed by atoms with Gasteiger partial charge in [0.15, 0.2) is 0 Å². The van der Waals surface area contributed by atoms with E-state index in [4.69, 9.17) is 0 Å². The summed E-state index contributed by atoms with van der Waals surface area (Å²) in [6.07, 6.45) is 1.50. The number of carbonyl (C=O) groups is 1. The molecule has 28 heavy (non-hydrogen) atoms. The van der Waals surface area contributed by atoms with E-state index in [9.17, 15) is 9.59 Å². The summed E-state index contributed by atoms with van der Waals surface area (Å²) in [6.45, 7) is 7.30. The Balaban J connectivity index is 1.67. The molecule has 3 aromatic rings. The minimum Gasteiger partial charge on any atom is -0.339 e. The van der Waals surface area contributed by atoms with Crippen molar-refractivity contribution in [2.75, 3.05) is 33.2 Å². The highest BCUT2D eigenvalue weighted by atomic mass is 32.1. The van der Waals surface area contributed by atoms with Crippen LogP contribution in [-0.4, -0.2) is 58.5 Å². The van der Waals surface area contributed by atoms with Gasteiger partial charge in [0.2, 0.25) is 5.91 Å². The number of hydrogen-bond donors (Lipinski definition) is 0. The summed E-state index contributed by atoms with van der Waals surface area (Å²) in [5.41, 5.74) is 4.16. The van der Waals surface area contributed by atoms with Crippen molar-refractivity contribution >= 4 is 27.5 Å². The Labute approximate surface area is 168 Å². The van der Waals surface area contributed by atoms with Crippen molar-refractivity contribution in [3.63, 3.8) is 0 Å². The minimum absolute atomic E-state index is 0.0284. The number of thiophene rings is 1. The van der Waals surface area contributed by atoms with Gasteiger partial charge in [-0.1, -0.05) is 18.2 Å². The summed E-state index contributed by atoms with van der Waals surface area (Å²) >= 11 is 1.46. The zero-order valence-corrected chi connectivity index (χ0v) is 17.3. The van der Waals surface area contributed by atoms with Gasteiger partial charge in [-0.15, -0.1) is 11.3 Å². The van der Waals surface area contributed by atoms with E-state index in [0.717, 1.165) is 24.2 Å². The molecule has 4 rings (SSSR count). The number of nitrogens with zero attached hydrogens (tertiary/aromatic N) is 4. The maximum Gasteiger partial charge on any atom is 0.263 e. The molecule has 1 saturated heterocycles. The molecule has 1 aliphatic rings. The summed E-state index contributed by atoms with van der Waals surface area (Å²) in [4.78, 5) is 35.0. The maximum atomic E-state index is 13.2. The number of carbonyl (C=O) groups excluding carboxylic acids is 1. The number of piperazine rings is 1. The molecule has 7 heteroatoms. The predicted octanol–water partition coefficient (Wildman–Crippen LogP) is 2.52. The molecule has 1 fully saturated rings. The summed E-state index contributed by atoms with van der Waals surface area (Å²) in [5, 5.41) is 2.58. The van der Waals surface area contributed by atoms with Crippen molar-refractivity contribution in [3.8, 4) is 11.1 Å². The fourth-order valence-electron chi connectivity index (χ4n) is 3.50. The van der Waals surface area contributed by atoms with Crippen LogP contribution < -0.4 is 5.56 Å². The lowest BCUT2D eigenvalue weighted by Crippen LogP contribution is -2.48. The monoisotopic (exact) mass is 396 g/mol. The van der Waals surface area contributed by atoms with Gasteiger partial charge >= 0.3 is 0 Å². The summed E-state index contributed by atoms with van der Waals surface area (Å²) in [5.74, 6) is -0.0284. The van der Waals surface area contributed by atoms with E-state index in [0.29, 0.717) is 23.3 Å². The summed E-state index contributed by atoms with van der Waals surface area (Å²) in [7, 11) is 2.05. The molecule has 0 saturated carbocycles. The quantitative estimate of drug-likeness (QED) is 0.683. The molecule has 1 aromatic carbocycles. The van der Waals surface area contributed by atoms with Crippen molar-refractivity contribution < 1.29 is 4.79 Å². The Morgan fingerprint density at radius 1 is 1.14 bits per heavy atom. The Morgan fingerprint density at radius 2 is 1.89 bits per heavy atom. The molecule has 1 aliphatic heterocycles. The molecule has 0 unspecified atom stereocenters. The van der Waals surface area contributed by atoms with E-state index >= 15 is 0 Å².